The standard InChI is InChI=1S/C16H23N3OS/c1-5-17-13-12-10(2)11(3)21-14(12)19-15(18-13)16(20-4)8-6-7-9-16/h5-9H2,1-4H3,(H,17,18,19). The van der Waals surface area contributed by atoms with Crippen LogP contribution in [-0.2, 0) is 10.3 Å². The fraction of sp³-hybridized carbons (Fsp3) is 0.625. The molecule has 0 aromatic carbocycles. The van der Waals surface area contributed by atoms with E-state index in [-0.39, 0.29) is 5.60 Å². The molecule has 2 aromatic heterocycles. The molecule has 2 heterocycles. The molecule has 3 rings (SSSR count). The van der Waals surface area contributed by atoms with Crippen LogP contribution in [0.15, 0.2) is 0 Å². The van der Waals surface area contributed by atoms with Gasteiger partial charge in [0.05, 0.1) is 5.39 Å². The van der Waals surface area contributed by atoms with Gasteiger partial charge < -0.3 is 10.1 Å². The van der Waals surface area contributed by atoms with Gasteiger partial charge in [-0.05, 0) is 52.0 Å². The number of thiophene rings is 1. The molecule has 5 heteroatoms. The molecule has 0 unspecified atom stereocenters. The third-order valence-electron chi connectivity index (χ3n) is 4.58. The summed E-state index contributed by atoms with van der Waals surface area (Å²) in [6.45, 7) is 7.27. The van der Waals surface area contributed by atoms with Crippen LogP contribution in [0.2, 0.25) is 0 Å². The minimum Gasteiger partial charge on any atom is -0.370 e. The van der Waals surface area contributed by atoms with Gasteiger partial charge in [0.15, 0.2) is 5.82 Å². The fourth-order valence-corrected chi connectivity index (χ4v) is 4.24. The van der Waals surface area contributed by atoms with Gasteiger partial charge in [-0.25, -0.2) is 9.97 Å². The first-order chi connectivity index (χ1) is 10.1. The molecule has 1 fully saturated rings. The Morgan fingerprint density at radius 1 is 1.24 bits per heavy atom. The number of methoxy groups -OCH3 is 1. The van der Waals surface area contributed by atoms with Crippen molar-refractivity contribution in [2.75, 3.05) is 19.0 Å². The number of nitrogens with one attached hydrogen (secondary N) is 1. The summed E-state index contributed by atoms with van der Waals surface area (Å²) in [5.74, 6) is 1.81. The second-order valence-corrected chi connectivity index (χ2v) is 7.00. The van der Waals surface area contributed by atoms with Crippen LogP contribution >= 0.6 is 11.3 Å². The van der Waals surface area contributed by atoms with Gasteiger partial charge >= 0.3 is 0 Å². The van der Waals surface area contributed by atoms with Crippen molar-refractivity contribution >= 4 is 27.4 Å². The minimum absolute atomic E-state index is 0.288. The molecule has 0 radical (unpaired) electrons. The highest BCUT2D eigenvalue weighted by Crippen LogP contribution is 2.42. The summed E-state index contributed by atoms with van der Waals surface area (Å²) >= 11 is 1.75. The van der Waals surface area contributed by atoms with Crippen LogP contribution in [0.1, 0.15) is 48.9 Å². The van der Waals surface area contributed by atoms with Gasteiger partial charge in [0.2, 0.25) is 0 Å². The fourth-order valence-electron chi connectivity index (χ4n) is 3.21. The van der Waals surface area contributed by atoms with Gasteiger partial charge in [0.1, 0.15) is 16.2 Å². The lowest BCUT2D eigenvalue weighted by atomic mass is 10.0. The molecule has 1 saturated carbocycles. The molecule has 4 nitrogen and oxygen atoms in total. The average Bonchev–Trinajstić information content (AvgIpc) is 3.06. The van der Waals surface area contributed by atoms with E-state index >= 15 is 0 Å². The maximum absolute atomic E-state index is 5.86. The lowest BCUT2D eigenvalue weighted by Gasteiger charge is -2.26. The van der Waals surface area contributed by atoms with Gasteiger partial charge in [-0.15, -0.1) is 11.3 Å². The SMILES string of the molecule is CCNc1nc(C2(OC)CCCC2)nc2sc(C)c(C)c12. The highest BCUT2D eigenvalue weighted by Gasteiger charge is 2.39. The first-order valence-electron chi connectivity index (χ1n) is 7.68. The largest absolute Gasteiger partial charge is 0.370 e. The van der Waals surface area contributed by atoms with Crippen LogP contribution in [0.5, 0.6) is 0 Å². The van der Waals surface area contributed by atoms with E-state index in [0.29, 0.717) is 0 Å². The number of fused-ring (bicyclic) bond motifs is 1. The number of ether oxygens (including phenoxy) is 1. The van der Waals surface area contributed by atoms with Gasteiger partial charge in [-0.2, -0.15) is 0 Å². The highest BCUT2D eigenvalue weighted by atomic mass is 32.1. The van der Waals surface area contributed by atoms with Crippen LogP contribution < -0.4 is 5.32 Å². The topological polar surface area (TPSA) is 47.0 Å². The maximum atomic E-state index is 5.86. The van der Waals surface area contributed by atoms with Crippen LogP contribution in [-0.4, -0.2) is 23.6 Å². The zero-order valence-electron chi connectivity index (χ0n) is 13.2. The molecule has 114 valence electrons. The Bertz CT molecular complexity index is 659. The molecule has 0 amide bonds. The second-order valence-electron chi connectivity index (χ2n) is 5.80. The Morgan fingerprint density at radius 2 is 1.95 bits per heavy atom. The van der Waals surface area contributed by atoms with Crippen molar-refractivity contribution in [1.29, 1.82) is 0 Å². The smallest absolute Gasteiger partial charge is 0.164 e. The summed E-state index contributed by atoms with van der Waals surface area (Å²) in [6.07, 6.45) is 4.41. The number of hydrogen-bond donors (Lipinski definition) is 1. The quantitative estimate of drug-likeness (QED) is 0.921. The predicted molar refractivity (Wildman–Crippen MR) is 88.2 cm³/mol. The van der Waals surface area contributed by atoms with Crippen LogP contribution in [0, 0.1) is 13.8 Å². The average molecular weight is 305 g/mol. The molecular formula is C16H23N3OS. The monoisotopic (exact) mass is 305 g/mol. The number of hydrogen-bond acceptors (Lipinski definition) is 5. The highest BCUT2D eigenvalue weighted by molar-refractivity contribution is 7.18. The van der Waals surface area contributed by atoms with Crippen molar-refractivity contribution in [3.63, 3.8) is 0 Å². The normalized spacial score (nSPS) is 17.5. The molecule has 0 bridgehead atoms. The van der Waals surface area contributed by atoms with E-state index in [4.69, 9.17) is 14.7 Å². The van der Waals surface area contributed by atoms with E-state index in [1.807, 2.05) is 0 Å². The van der Waals surface area contributed by atoms with Gasteiger partial charge in [0.25, 0.3) is 0 Å². The first kappa shape index (κ1) is 14.7. The number of anilines is 1. The third-order valence-corrected chi connectivity index (χ3v) is 5.68. The molecule has 0 spiro atoms. The van der Waals surface area contributed by atoms with Crippen molar-refractivity contribution in [3.05, 3.63) is 16.3 Å². The minimum atomic E-state index is -0.288. The molecule has 0 atom stereocenters. The third kappa shape index (κ3) is 2.32. The Morgan fingerprint density at radius 3 is 2.57 bits per heavy atom. The zero-order chi connectivity index (χ0) is 15.0. The van der Waals surface area contributed by atoms with Crippen molar-refractivity contribution in [2.45, 2.75) is 52.1 Å². The molecule has 0 aliphatic heterocycles. The van der Waals surface area contributed by atoms with E-state index < -0.39 is 0 Å². The maximum Gasteiger partial charge on any atom is 0.164 e. The van der Waals surface area contributed by atoms with Crippen LogP contribution in [0.25, 0.3) is 10.2 Å². The number of rotatable bonds is 4. The van der Waals surface area contributed by atoms with Crippen LogP contribution in [0.4, 0.5) is 5.82 Å². The van der Waals surface area contributed by atoms with Gasteiger partial charge in [-0.1, -0.05) is 0 Å². The van der Waals surface area contributed by atoms with Crippen molar-refractivity contribution < 1.29 is 4.74 Å². The number of nitrogens with zero attached hydrogens (tertiary/aromatic N) is 2. The van der Waals surface area contributed by atoms with E-state index in [0.717, 1.165) is 35.9 Å². The van der Waals surface area contributed by atoms with E-state index in [1.54, 1.807) is 18.4 Å². The second kappa shape index (κ2) is 5.54. The molecule has 1 aliphatic carbocycles. The summed E-state index contributed by atoms with van der Waals surface area (Å²) < 4.78 is 5.86. The Hall–Kier alpha value is -1.20. The summed E-state index contributed by atoms with van der Waals surface area (Å²) in [7, 11) is 1.79. The summed E-state index contributed by atoms with van der Waals surface area (Å²) in [5, 5.41) is 4.58. The lowest BCUT2D eigenvalue weighted by Crippen LogP contribution is -2.27. The molecular weight excluding hydrogens is 282 g/mol. The molecule has 2 aromatic rings. The van der Waals surface area contributed by atoms with Crippen molar-refractivity contribution in [1.82, 2.24) is 9.97 Å². The number of aromatic nitrogens is 2. The lowest BCUT2D eigenvalue weighted by molar-refractivity contribution is -0.0158. The van der Waals surface area contributed by atoms with Gasteiger partial charge in [-0.3, -0.25) is 0 Å². The Kier molecular flexibility index (Phi) is 3.88. The van der Waals surface area contributed by atoms with E-state index in [1.165, 1.54) is 28.7 Å². The summed E-state index contributed by atoms with van der Waals surface area (Å²) in [4.78, 5) is 12.1. The molecule has 0 saturated heterocycles. The first-order valence-corrected chi connectivity index (χ1v) is 8.50. The zero-order valence-corrected chi connectivity index (χ0v) is 14.1. The predicted octanol–water partition coefficient (Wildman–Crippen LogP) is 4.16. The van der Waals surface area contributed by atoms with Gasteiger partial charge in [0, 0.05) is 18.5 Å². The molecule has 21 heavy (non-hydrogen) atoms. The summed E-state index contributed by atoms with van der Waals surface area (Å²) in [5.41, 5.74) is 1.000. The van der Waals surface area contributed by atoms with E-state index in [2.05, 4.69) is 26.1 Å². The molecule has 1 aliphatic rings. The van der Waals surface area contributed by atoms with Crippen molar-refractivity contribution in [2.24, 2.45) is 0 Å². The van der Waals surface area contributed by atoms with Crippen LogP contribution in [0.3, 0.4) is 0 Å². The Balaban J connectivity index is 2.21. The molecule has 1 N–H and O–H groups in total. The number of aryl methyl sites for hydroxylation is 2. The summed E-state index contributed by atoms with van der Waals surface area (Å²) in [6, 6.07) is 0. The Labute approximate surface area is 129 Å². The van der Waals surface area contributed by atoms with E-state index in [9.17, 15) is 0 Å². The van der Waals surface area contributed by atoms with Crippen molar-refractivity contribution in [3.8, 4) is 0 Å².